The van der Waals surface area contributed by atoms with Crippen molar-refractivity contribution in [1.82, 2.24) is 9.97 Å². The Balaban J connectivity index is 1.84. The van der Waals surface area contributed by atoms with Crippen molar-refractivity contribution in [2.45, 2.75) is 31.7 Å². The van der Waals surface area contributed by atoms with Gasteiger partial charge in [0.25, 0.3) is 0 Å². The first-order chi connectivity index (χ1) is 8.28. The maximum atomic E-state index is 5.96. The highest BCUT2D eigenvalue weighted by atomic mass is 16.5. The van der Waals surface area contributed by atoms with Crippen molar-refractivity contribution < 1.29 is 4.74 Å². The van der Waals surface area contributed by atoms with Crippen LogP contribution in [0.2, 0.25) is 0 Å². The van der Waals surface area contributed by atoms with Crippen LogP contribution in [0, 0.1) is 5.92 Å². The number of aromatic nitrogens is 2. The third-order valence-corrected chi connectivity index (χ3v) is 3.21. The van der Waals surface area contributed by atoms with Gasteiger partial charge in [0, 0.05) is 24.8 Å². The van der Waals surface area contributed by atoms with Crippen molar-refractivity contribution in [2.75, 3.05) is 19.0 Å². The topological polar surface area (TPSA) is 73.1 Å². The second-order valence-corrected chi connectivity index (χ2v) is 4.60. The largest absolute Gasteiger partial charge is 0.481 e. The van der Waals surface area contributed by atoms with Crippen LogP contribution >= 0.6 is 0 Å². The molecule has 0 radical (unpaired) electrons. The maximum Gasteiger partial charge on any atom is 0.225 e. The van der Waals surface area contributed by atoms with Crippen molar-refractivity contribution in [2.24, 2.45) is 11.7 Å². The smallest absolute Gasteiger partial charge is 0.225 e. The van der Waals surface area contributed by atoms with Crippen molar-refractivity contribution in [3.05, 3.63) is 12.3 Å². The van der Waals surface area contributed by atoms with Gasteiger partial charge in [0.2, 0.25) is 11.8 Å². The van der Waals surface area contributed by atoms with E-state index < -0.39 is 0 Å². The Labute approximate surface area is 102 Å². The van der Waals surface area contributed by atoms with E-state index in [1.54, 1.807) is 19.4 Å². The molecule has 17 heavy (non-hydrogen) atoms. The second kappa shape index (κ2) is 5.82. The van der Waals surface area contributed by atoms with Gasteiger partial charge >= 0.3 is 0 Å². The van der Waals surface area contributed by atoms with Gasteiger partial charge < -0.3 is 15.8 Å². The minimum absolute atomic E-state index is 0.363. The average Bonchev–Trinajstić information content (AvgIpc) is 2.37. The Morgan fingerprint density at radius 2 is 2.41 bits per heavy atom. The lowest BCUT2D eigenvalue weighted by Gasteiger charge is -2.26. The Morgan fingerprint density at radius 3 is 3.18 bits per heavy atom. The van der Waals surface area contributed by atoms with Gasteiger partial charge in [-0.05, 0) is 25.2 Å². The summed E-state index contributed by atoms with van der Waals surface area (Å²) in [5, 5.41) is 3.25. The molecule has 5 heteroatoms. The molecule has 1 heterocycles. The van der Waals surface area contributed by atoms with Crippen LogP contribution in [0.3, 0.4) is 0 Å². The van der Waals surface area contributed by atoms with Crippen LogP contribution in [0.4, 0.5) is 5.95 Å². The van der Waals surface area contributed by atoms with Crippen LogP contribution in [-0.4, -0.2) is 29.7 Å². The van der Waals surface area contributed by atoms with Gasteiger partial charge in [-0.2, -0.15) is 4.98 Å². The van der Waals surface area contributed by atoms with Crippen LogP contribution in [0.5, 0.6) is 5.88 Å². The zero-order chi connectivity index (χ0) is 12.1. The van der Waals surface area contributed by atoms with Crippen LogP contribution in [0.15, 0.2) is 12.3 Å². The third-order valence-electron chi connectivity index (χ3n) is 3.21. The molecule has 1 aromatic rings. The molecule has 1 fully saturated rings. The summed E-state index contributed by atoms with van der Waals surface area (Å²) < 4.78 is 5.05. The van der Waals surface area contributed by atoms with E-state index in [9.17, 15) is 0 Å². The lowest BCUT2D eigenvalue weighted by molar-refractivity contribution is 0.334. The molecule has 1 aliphatic rings. The first-order valence-electron chi connectivity index (χ1n) is 6.14. The fourth-order valence-electron chi connectivity index (χ4n) is 2.29. The predicted octanol–water partition coefficient (Wildman–Crippen LogP) is 1.41. The molecule has 0 amide bonds. The molecule has 1 saturated carbocycles. The van der Waals surface area contributed by atoms with Gasteiger partial charge in [0.05, 0.1) is 7.11 Å². The van der Waals surface area contributed by atoms with Crippen molar-refractivity contribution in [1.29, 1.82) is 0 Å². The van der Waals surface area contributed by atoms with Crippen LogP contribution in [0.1, 0.15) is 25.7 Å². The number of nitrogens with zero attached hydrogens (tertiary/aromatic N) is 2. The Hall–Kier alpha value is -1.36. The number of hydrogen-bond donors (Lipinski definition) is 2. The van der Waals surface area contributed by atoms with E-state index >= 15 is 0 Å². The summed E-state index contributed by atoms with van der Waals surface area (Å²) in [6.45, 7) is 0.890. The summed E-state index contributed by atoms with van der Waals surface area (Å²) in [6, 6.07) is 2.10. The predicted molar refractivity (Wildman–Crippen MR) is 67.0 cm³/mol. The molecule has 1 aromatic heterocycles. The summed E-state index contributed by atoms with van der Waals surface area (Å²) in [5.74, 6) is 1.85. The molecule has 0 aromatic carbocycles. The summed E-state index contributed by atoms with van der Waals surface area (Å²) in [7, 11) is 1.60. The van der Waals surface area contributed by atoms with E-state index in [2.05, 4.69) is 15.3 Å². The average molecular weight is 236 g/mol. The molecule has 2 unspecified atom stereocenters. The lowest BCUT2D eigenvalue weighted by Crippen LogP contribution is -2.31. The minimum atomic E-state index is 0.363. The number of nitrogens with one attached hydrogen (secondary N) is 1. The zero-order valence-corrected chi connectivity index (χ0v) is 10.2. The van der Waals surface area contributed by atoms with E-state index in [0.717, 1.165) is 19.4 Å². The van der Waals surface area contributed by atoms with Gasteiger partial charge in [-0.25, -0.2) is 4.98 Å². The number of hydrogen-bond acceptors (Lipinski definition) is 5. The Bertz CT molecular complexity index is 358. The number of ether oxygens (including phenoxy) is 1. The fourth-order valence-corrected chi connectivity index (χ4v) is 2.29. The molecular weight excluding hydrogens is 216 g/mol. The number of rotatable bonds is 4. The summed E-state index contributed by atoms with van der Waals surface area (Å²) >= 11 is 0. The molecule has 2 rings (SSSR count). The maximum absolute atomic E-state index is 5.96. The summed E-state index contributed by atoms with van der Waals surface area (Å²) in [5.41, 5.74) is 5.96. The molecule has 0 saturated heterocycles. The van der Waals surface area contributed by atoms with Gasteiger partial charge in [0.1, 0.15) is 0 Å². The number of nitrogens with two attached hydrogens (primary N) is 1. The quantitative estimate of drug-likeness (QED) is 0.827. The van der Waals surface area contributed by atoms with Crippen molar-refractivity contribution >= 4 is 5.95 Å². The highest BCUT2D eigenvalue weighted by Crippen LogP contribution is 2.23. The number of anilines is 1. The third kappa shape index (κ3) is 3.56. The van der Waals surface area contributed by atoms with Crippen LogP contribution in [-0.2, 0) is 0 Å². The first-order valence-corrected chi connectivity index (χ1v) is 6.14. The molecular formula is C12H20N4O. The van der Waals surface area contributed by atoms with Crippen molar-refractivity contribution in [3.63, 3.8) is 0 Å². The first kappa shape index (κ1) is 12.1. The normalized spacial score (nSPS) is 24.4. The van der Waals surface area contributed by atoms with Crippen LogP contribution in [0.25, 0.3) is 0 Å². The van der Waals surface area contributed by atoms with Gasteiger partial charge in [-0.15, -0.1) is 0 Å². The van der Waals surface area contributed by atoms with Gasteiger partial charge in [0.15, 0.2) is 0 Å². The molecule has 3 N–H and O–H groups in total. The highest BCUT2D eigenvalue weighted by molar-refractivity contribution is 5.27. The van der Waals surface area contributed by atoms with E-state index in [-0.39, 0.29) is 0 Å². The van der Waals surface area contributed by atoms with Crippen LogP contribution < -0.4 is 15.8 Å². The number of methoxy groups -OCH3 is 1. The monoisotopic (exact) mass is 236 g/mol. The zero-order valence-electron chi connectivity index (χ0n) is 10.2. The van der Waals surface area contributed by atoms with Gasteiger partial charge in [-0.1, -0.05) is 6.42 Å². The van der Waals surface area contributed by atoms with Gasteiger partial charge in [-0.3, -0.25) is 0 Å². The SMILES string of the molecule is COc1ccnc(NCC2CCCC(N)C2)n1. The molecule has 5 nitrogen and oxygen atoms in total. The van der Waals surface area contributed by atoms with E-state index in [1.807, 2.05) is 0 Å². The molecule has 0 bridgehead atoms. The fraction of sp³-hybridized carbons (Fsp3) is 0.667. The van der Waals surface area contributed by atoms with Crippen molar-refractivity contribution in [3.8, 4) is 5.88 Å². The standard InChI is InChI=1S/C12H20N4O/c1-17-11-5-6-14-12(16-11)15-8-9-3-2-4-10(13)7-9/h5-6,9-10H,2-4,7-8,13H2,1H3,(H,14,15,16). The molecule has 0 aliphatic heterocycles. The molecule has 1 aliphatic carbocycles. The second-order valence-electron chi connectivity index (χ2n) is 4.60. The molecule has 94 valence electrons. The highest BCUT2D eigenvalue weighted by Gasteiger charge is 2.19. The Kier molecular flexibility index (Phi) is 4.14. The minimum Gasteiger partial charge on any atom is -0.481 e. The summed E-state index contributed by atoms with van der Waals surface area (Å²) in [6.07, 6.45) is 6.42. The summed E-state index contributed by atoms with van der Waals surface area (Å²) in [4.78, 5) is 8.38. The Morgan fingerprint density at radius 1 is 1.53 bits per heavy atom. The van der Waals surface area contributed by atoms with E-state index in [1.165, 1.54) is 12.8 Å². The molecule has 2 atom stereocenters. The van der Waals surface area contributed by atoms with E-state index in [0.29, 0.717) is 23.8 Å². The molecule has 0 spiro atoms. The lowest BCUT2D eigenvalue weighted by atomic mass is 9.86. The van der Waals surface area contributed by atoms with E-state index in [4.69, 9.17) is 10.5 Å².